The summed E-state index contributed by atoms with van der Waals surface area (Å²) >= 11 is 0. The number of aryl methyl sites for hydroxylation is 1. The van der Waals surface area contributed by atoms with E-state index in [0.717, 1.165) is 48.8 Å². The van der Waals surface area contributed by atoms with Crippen LogP contribution in [0.25, 0.3) is 0 Å². The summed E-state index contributed by atoms with van der Waals surface area (Å²) in [5.41, 5.74) is 1.51. The zero-order chi connectivity index (χ0) is 19.4. The van der Waals surface area contributed by atoms with Crippen LogP contribution in [0.4, 0.5) is 0 Å². The second-order valence-corrected chi connectivity index (χ2v) is 7.73. The Morgan fingerprint density at radius 3 is 2.70 bits per heavy atom. The van der Waals surface area contributed by atoms with Gasteiger partial charge in [-0.3, -0.25) is 9.69 Å². The van der Waals surface area contributed by atoms with Crippen molar-refractivity contribution < 1.29 is 9.32 Å². The monoisotopic (exact) mass is 371 g/mol. The standard InChI is InChI=1S/C20H29N5O2/c1-5-18-22-10-15(11-23-18)12-25-7-6-20(13-25,19(26)21-4)9-16-8-17(14(2)3)24-27-16/h8,10-11,14H,5-7,9,12-13H2,1-4H3,(H,21,26). The van der Waals surface area contributed by atoms with Crippen molar-refractivity contribution in [2.75, 3.05) is 20.1 Å². The predicted molar refractivity (Wildman–Crippen MR) is 102 cm³/mol. The van der Waals surface area contributed by atoms with Crippen LogP contribution >= 0.6 is 0 Å². The van der Waals surface area contributed by atoms with Crippen molar-refractivity contribution in [2.24, 2.45) is 5.41 Å². The van der Waals surface area contributed by atoms with Crippen LogP contribution in [0.2, 0.25) is 0 Å². The van der Waals surface area contributed by atoms with E-state index in [0.29, 0.717) is 18.9 Å². The lowest BCUT2D eigenvalue weighted by atomic mass is 9.81. The number of hydrogen-bond acceptors (Lipinski definition) is 6. The number of aromatic nitrogens is 3. The fourth-order valence-electron chi connectivity index (χ4n) is 3.69. The first kappa shape index (κ1) is 19.5. The second-order valence-electron chi connectivity index (χ2n) is 7.73. The Morgan fingerprint density at radius 2 is 2.11 bits per heavy atom. The summed E-state index contributed by atoms with van der Waals surface area (Å²) in [6.07, 6.45) is 5.96. The largest absolute Gasteiger partial charge is 0.361 e. The Labute approximate surface area is 160 Å². The van der Waals surface area contributed by atoms with E-state index in [9.17, 15) is 4.79 Å². The van der Waals surface area contributed by atoms with Gasteiger partial charge in [0.1, 0.15) is 11.6 Å². The molecular weight excluding hydrogens is 342 g/mol. The number of nitrogens with zero attached hydrogens (tertiary/aromatic N) is 4. The van der Waals surface area contributed by atoms with Crippen molar-refractivity contribution in [3.05, 3.63) is 41.3 Å². The van der Waals surface area contributed by atoms with E-state index in [2.05, 4.69) is 39.2 Å². The molecule has 1 unspecified atom stereocenters. The van der Waals surface area contributed by atoms with E-state index in [-0.39, 0.29) is 5.91 Å². The SMILES string of the molecule is CCc1ncc(CN2CCC(Cc3cc(C(C)C)no3)(C(=O)NC)C2)cn1. The molecular formula is C20H29N5O2. The maximum Gasteiger partial charge on any atom is 0.227 e. The zero-order valence-electron chi connectivity index (χ0n) is 16.7. The molecule has 3 heterocycles. The molecule has 0 bridgehead atoms. The molecule has 27 heavy (non-hydrogen) atoms. The van der Waals surface area contributed by atoms with Gasteiger partial charge in [0.2, 0.25) is 5.91 Å². The number of amides is 1. The van der Waals surface area contributed by atoms with Crippen LogP contribution in [0.3, 0.4) is 0 Å². The molecule has 1 atom stereocenters. The smallest absolute Gasteiger partial charge is 0.227 e. The molecule has 1 amide bonds. The topological polar surface area (TPSA) is 84.2 Å². The quantitative estimate of drug-likeness (QED) is 0.804. The molecule has 0 aliphatic carbocycles. The van der Waals surface area contributed by atoms with Gasteiger partial charge in [-0.1, -0.05) is 25.9 Å². The van der Waals surface area contributed by atoms with Crippen LogP contribution in [0.15, 0.2) is 23.0 Å². The normalized spacial score (nSPS) is 20.3. The van der Waals surface area contributed by atoms with E-state index < -0.39 is 5.41 Å². The molecule has 1 N–H and O–H groups in total. The molecule has 0 radical (unpaired) electrons. The fraction of sp³-hybridized carbons (Fsp3) is 0.600. The highest BCUT2D eigenvalue weighted by Crippen LogP contribution is 2.36. The molecule has 1 aliphatic heterocycles. The summed E-state index contributed by atoms with van der Waals surface area (Å²) in [6, 6.07) is 1.98. The first-order valence-electron chi connectivity index (χ1n) is 9.65. The average Bonchev–Trinajstić information content (AvgIpc) is 3.30. The Hall–Kier alpha value is -2.28. The lowest BCUT2D eigenvalue weighted by Crippen LogP contribution is -2.43. The molecule has 1 saturated heterocycles. The van der Waals surface area contributed by atoms with Gasteiger partial charge in [0.15, 0.2) is 0 Å². The van der Waals surface area contributed by atoms with Gasteiger partial charge in [-0.25, -0.2) is 9.97 Å². The van der Waals surface area contributed by atoms with Crippen LogP contribution < -0.4 is 5.32 Å². The second kappa shape index (κ2) is 8.17. The minimum absolute atomic E-state index is 0.0603. The fourth-order valence-corrected chi connectivity index (χ4v) is 3.69. The van der Waals surface area contributed by atoms with Crippen LogP contribution in [0.1, 0.15) is 56.0 Å². The summed E-state index contributed by atoms with van der Waals surface area (Å²) in [5, 5.41) is 6.98. The Kier molecular flexibility index (Phi) is 5.89. The highest BCUT2D eigenvalue weighted by atomic mass is 16.5. The van der Waals surface area contributed by atoms with E-state index >= 15 is 0 Å². The van der Waals surface area contributed by atoms with E-state index in [1.54, 1.807) is 7.05 Å². The summed E-state index contributed by atoms with van der Waals surface area (Å²) in [5.74, 6) is 2.00. The van der Waals surface area contributed by atoms with Crippen LogP contribution in [-0.4, -0.2) is 46.1 Å². The molecule has 7 heteroatoms. The third-order valence-corrected chi connectivity index (χ3v) is 5.30. The van der Waals surface area contributed by atoms with Gasteiger partial charge in [0.05, 0.1) is 11.1 Å². The molecule has 1 aliphatic rings. The molecule has 0 aromatic carbocycles. The van der Waals surface area contributed by atoms with Crippen molar-refractivity contribution >= 4 is 5.91 Å². The summed E-state index contributed by atoms with van der Waals surface area (Å²) in [4.78, 5) is 23.8. The van der Waals surface area contributed by atoms with E-state index in [4.69, 9.17) is 4.52 Å². The van der Waals surface area contributed by atoms with Crippen molar-refractivity contribution in [2.45, 2.75) is 52.5 Å². The number of carbonyl (C=O) groups is 1. The molecule has 7 nitrogen and oxygen atoms in total. The van der Waals surface area contributed by atoms with Gasteiger partial charge in [-0.2, -0.15) is 0 Å². The number of likely N-dealkylation sites (tertiary alicyclic amines) is 1. The first-order valence-corrected chi connectivity index (χ1v) is 9.65. The van der Waals surface area contributed by atoms with Gasteiger partial charge in [-0.15, -0.1) is 0 Å². The van der Waals surface area contributed by atoms with Gasteiger partial charge in [-0.05, 0) is 18.9 Å². The molecule has 146 valence electrons. The van der Waals surface area contributed by atoms with Gasteiger partial charge >= 0.3 is 0 Å². The van der Waals surface area contributed by atoms with Gasteiger partial charge < -0.3 is 9.84 Å². The number of rotatable bonds is 7. The first-order chi connectivity index (χ1) is 13.0. The average molecular weight is 371 g/mol. The van der Waals surface area contributed by atoms with Gasteiger partial charge in [0, 0.05) is 57.0 Å². The van der Waals surface area contributed by atoms with Gasteiger partial charge in [0.25, 0.3) is 0 Å². The number of hydrogen-bond donors (Lipinski definition) is 1. The lowest BCUT2D eigenvalue weighted by Gasteiger charge is -2.26. The van der Waals surface area contributed by atoms with Crippen molar-refractivity contribution in [1.29, 1.82) is 0 Å². The number of carbonyl (C=O) groups excluding carboxylic acids is 1. The maximum absolute atomic E-state index is 12.7. The zero-order valence-corrected chi connectivity index (χ0v) is 16.7. The lowest BCUT2D eigenvalue weighted by molar-refractivity contribution is -0.130. The van der Waals surface area contributed by atoms with Crippen LogP contribution in [0, 0.1) is 5.41 Å². The van der Waals surface area contributed by atoms with E-state index in [1.165, 1.54) is 0 Å². The molecule has 3 rings (SSSR count). The summed E-state index contributed by atoms with van der Waals surface area (Å²) in [7, 11) is 1.70. The molecule has 0 saturated carbocycles. The Morgan fingerprint density at radius 1 is 1.37 bits per heavy atom. The molecule has 2 aromatic rings. The highest BCUT2D eigenvalue weighted by molar-refractivity contribution is 5.83. The highest BCUT2D eigenvalue weighted by Gasteiger charge is 2.45. The summed E-state index contributed by atoms with van der Waals surface area (Å²) in [6.45, 7) is 8.49. The van der Waals surface area contributed by atoms with Crippen molar-refractivity contribution in [3.8, 4) is 0 Å². The van der Waals surface area contributed by atoms with E-state index in [1.807, 2.05) is 25.4 Å². The van der Waals surface area contributed by atoms with Crippen LogP contribution in [0.5, 0.6) is 0 Å². The maximum atomic E-state index is 12.7. The molecule has 0 spiro atoms. The van der Waals surface area contributed by atoms with Crippen molar-refractivity contribution in [1.82, 2.24) is 25.3 Å². The molecule has 1 fully saturated rings. The van der Waals surface area contributed by atoms with Crippen molar-refractivity contribution in [3.63, 3.8) is 0 Å². The third-order valence-electron chi connectivity index (χ3n) is 5.30. The summed E-state index contributed by atoms with van der Waals surface area (Å²) < 4.78 is 5.52. The third kappa shape index (κ3) is 4.35. The minimum atomic E-state index is -0.493. The Bertz CT molecular complexity index is 771. The Balaban J connectivity index is 1.72. The minimum Gasteiger partial charge on any atom is -0.361 e. The molecule has 2 aromatic heterocycles. The van der Waals surface area contributed by atoms with Crippen LogP contribution in [-0.2, 0) is 24.2 Å². The predicted octanol–water partition coefficient (Wildman–Crippen LogP) is 2.33. The number of nitrogens with one attached hydrogen (secondary N) is 1.